The second-order valence-electron chi connectivity index (χ2n) is 5.58. The van der Waals surface area contributed by atoms with Crippen molar-refractivity contribution in [1.29, 1.82) is 0 Å². The van der Waals surface area contributed by atoms with Crippen molar-refractivity contribution in [1.82, 2.24) is 15.5 Å². The summed E-state index contributed by atoms with van der Waals surface area (Å²) in [4.78, 5) is 13.4. The Morgan fingerprint density at radius 2 is 2.05 bits per heavy atom. The van der Waals surface area contributed by atoms with E-state index >= 15 is 0 Å². The van der Waals surface area contributed by atoms with Gasteiger partial charge < -0.3 is 10.6 Å². The fourth-order valence-electron chi connectivity index (χ4n) is 2.45. The molecule has 0 bridgehead atoms. The van der Waals surface area contributed by atoms with Crippen molar-refractivity contribution in [2.75, 3.05) is 39.3 Å². The molecule has 0 aromatic carbocycles. The Hall–Kier alpha value is -0.870. The van der Waals surface area contributed by atoms with Crippen LogP contribution in [0.25, 0.3) is 0 Å². The van der Waals surface area contributed by atoms with Crippen LogP contribution < -0.4 is 10.6 Å². The van der Waals surface area contributed by atoms with E-state index in [2.05, 4.69) is 29.0 Å². The predicted molar refractivity (Wildman–Crippen MR) is 80.1 cm³/mol. The van der Waals surface area contributed by atoms with Gasteiger partial charge in [0, 0.05) is 26.6 Å². The first-order valence-electron chi connectivity index (χ1n) is 7.46. The number of piperidine rings is 1. The standard InChI is InChI=1S/C15H29N3O/c1-4-7-16-10-13(2)12-18-8-5-15(6-9-18)11-17-14(3)19/h15-16H,2,4-12H2,1,3H3,(H,17,19). The van der Waals surface area contributed by atoms with Crippen LogP contribution in [0, 0.1) is 5.92 Å². The smallest absolute Gasteiger partial charge is 0.216 e. The van der Waals surface area contributed by atoms with Crippen LogP contribution in [-0.2, 0) is 4.79 Å². The molecule has 0 atom stereocenters. The monoisotopic (exact) mass is 267 g/mol. The highest BCUT2D eigenvalue weighted by atomic mass is 16.1. The van der Waals surface area contributed by atoms with Crippen molar-refractivity contribution < 1.29 is 4.79 Å². The summed E-state index contributed by atoms with van der Waals surface area (Å²) in [6, 6.07) is 0. The largest absolute Gasteiger partial charge is 0.356 e. The molecule has 1 saturated heterocycles. The van der Waals surface area contributed by atoms with Crippen LogP contribution in [0.5, 0.6) is 0 Å². The highest BCUT2D eigenvalue weighted by Gasteiger charge is 2.19. The van der Waals surface area contributed by atoms with Gasteiger partial charge in [-0.1, -0.05) is 13.5 Å². The summed E-state index contributed by atoms with van der Waals surface area (Å²) in [6.07, 6.45) is 3.52. The first-order chi connectivity index (χ1) is 9.11. The number of hydrogen-bond donors (Lipinski definition) is 2. The molecule has 0 saturated carbocycles. The predicted octanol–water partition coefficient (Wildman–Crippen LogP) is 1.39. The lowest BCUT2D eigenvalue weighted by atomic mass is 9.96. The fourth-order valence-corrected chi connectivity index (χ4v) is 2.45. The number of nitrogens with one attached hydrogen (secondary N) is 2. The number of nitrogens with zero attached hydrogens (tertiary/aromatic N) is 1. The van der Waals surface area contributed by atoms with Crippen molar-refractivity contribution in [2.24, 2.45) is 5.92 Å². The molecule has 0 radical (unpaired) electrons. The quantitative estimate of drug-likeness (QED) is 0.516. The van der Waals surface area contributed by atoms with Crippen molar-refractivity contribution >= 4 is 5.91 Å². The van der Waals surface area contributed by atoms with Crippen LogP contribution in [0.1, 0.15) is 33.1 Å². The molecule has 2 N–H and O–H groups in total. The van der Waals surface area contributed by atoms with Crippen molar-refractivity contribution in [3.8, 4) is 0 Å². The van der Waals surface area contributed by atoms with Gasteiger partial charge in [-0.2, -0.15) is 0 Å². The van der Waals surface area contributed by atoms with Crippen molar-refractivity contribution in [3.05, 3.63) is 12.2 Å². The minimum absolute atomic E-state index is 0.0813. The van der Waals surface area contributed by atoms with Gasteiger partial charge in [-0.25, -0.2) is 0 Å². The van der Waals surface area contributed by atoms with E-state index in [1.54, 1.807) is 6.92 Å². The Labute approximate surface area is 117 Å². The molecule has 19 heavy (non-hydrogen) atoms. The molecular formula is C15H29N3O. The van der Waals surface area contributed by atoms with Crippen LogP contribution in [-0.4, -0.2) is 50.1 Å². The number of carbonyl (C=O) groups excluding carboxylic acids is 1. The summed E-state index contributed by atoms with van der Waals surface area (Å²) in [5.41, 5.74) is 1.27. The molecule has 1 heterocycles. The van der Waals surface area contributed by atoms with Gasteiger partial charge in [0.25, 0.3) is 0 Å². The van der Waals surface area contributed by atoms with Gasteiger partial charge >= 0.3 is 0 Å². The summed E-state index contributed by atoms with van der Waals surface area (Å²) in [7, 11) is 0. The zero-order valence-corrected chi connectivity index (χ0v) is 12.5. The Kier molecular flexibility index (Phi) is 7.75. The van der Waals surface area contributed by atoms with E-state index in [1.165, 1.54) is 24.8 Å². The Balaban J connectivity index is 2.12. The van der Waals surface area contributed by atoms with Crippen molar-refractivity contribution in [2.45, 2.75) is 33.1 Å². The first-order valence-corrected chi connectivity index (χ1v) is 7.46. The van der Waals surface area contributed by atoms with Gasteiger partial charge in [0.1, 0.15) is 0 Å². The molecule has 1 amide bonds. The molecular weight excluding hydrogens is 238 g/mol. The van der Waals surface area contributed by atoms with Gasteiger partial charge in [-0.05, 0) is 50.4 Å². The third kappa shape index (κ3) is 7.33. The van der Waals surface area contributed by atoms with Gasteiger partial charge in [-0.3, -0.25) is 9.69 Å². The van der Waals surface area contributed by atoms with Crippen LogP contribution >= 0.6 is 0 Å². The normalized spacial score (nSPS) is 17.4. The Bertz CT molecular complexity index is 283. The van der Waals surface area contributed by atoms with E-state index in [-0.39, 0.29) is 5.91 Å². The molecule has 0 spiro atoms. The van der Waals surface area contributed by atoms with Gasteiger partial charge in [0.05, 0.1) is 0 Å². The molecule has 110 valence electrons. The summed E-state index contributed by atoms with van der Waals surface area (Å²) in [6.45, 7) is 14.0. The summed E-state index contributed by atoms with van der Waals surface area (Å²) < 4.78 is 0. The van der Waals surface area contributed by atoms with E-state index < -0.39 is 0 Å². The Morgan fingerprint density at radius 1 is 1.37 bits per heavy atom. The van der Waals surface area contributed by atoms with E-state index in [1.807, 2.05) is 0 Å². The number of hydrogen-bond acceptors (Lipinski definition) is 3. The van der Waals surface area contributed by atoms with E-state index in [4.69, 9.17) is 0 Å². The lowest BCUT2D eigenvalue weighted by Crippen LogP contribution is -2.39. The third-order valence-electron chi connectivity index (χ3n) is 3.60. The third-order valence-corrected chi connectivity index (χ3v) is 3.60. The second-order valence-corrected chi connectivity index (χ2v) is 5.58. The minimum Gasteiger partial charge on any atom is -0.356 e. The zero-order valence-electron chi connectivity index (χ0n) is 12.5. The molecule has 1 fully saturated rings. The van der Waals surface area contributed by atoms with Gasteiger partial charge in [0.2, 0.25) is 5.91 Å². The second kappa shape index (κ2) is 9.10. The first kappa shape index (κ1) is 16.2. The molecule has 1 rings (SSSR count). The van der Waals surface area contributed by atoms with E-state index in [0.717, 1.165) is 39.3 Å². The SMILES string of the molecule is C=C(CNCCC)CN1CCC(CNC(C)=O)CC1. The highest BCUT2D eigenvalue weighted by molar-refractivity contribution is 5.72. The highest BCUT2D eigenvalue weighted by Crippen LogP contribution is 2.16. The molecule has 1 aliphatic rings. The van der Waals surface area contributed by atoms with Crippen LogP contribution in [0.3, 0.4) is 0 Å². The summed E-state index contributed by atoms with van der Waals surface area (Å²) in [5, 5.41) is 6.31. The van der Waals surface area contributed by atoms with Crippen LogP contribution in [0.2, 0.25) is 0 Å². The topological polar surface area (TPSA) is 44.4 Å². The van der Waals surface area contributed by atoms with Crippen LogP contribution in [0.15, 0.2) is 12.2 Å². The average Bonchev–Trinajstić information content (AvgIpc) is 2.38. The maximum Gasteiger partial charge on any atom is 0.216 e. The summed E-state index contributed by atoms with van der Waals surface area (Å²) in [5.74, 6) is 0.726. The zero-order chi connectivity index (χ0) is 14.1. The molecule has 1 aliphatic heterocycles. The Morgan fingerprint density at radius 3 is 2.63 bits per heavy atom. The summed E-state index contributed by atoms with van der Waals surface area (Å²) >= 11 is 0. The lowest BCUT2D eigenvalue weighted by molar-refractivity contribution is -0.119. The molecule has 0 aliphatic carbocycles. The molecule has 0 aromatic rings. The molecule has 4 nitrogen and oxygen atoms in total. The molecule has 4 heteroatoms. The lowest BCUT2D eigenvalue weighted by Gasteiger charge is -2.32. The number of likely N-dealkylation sites (tertiary alicyclic amines) is 1. The van der Waals surface area contributed by atoms with Crippen molar-refractivity contribution in [3.63, 3.8) is 0 Å². The number of carbonyl (C=O) groups is 1. The molecule has 0 unspecified atom stereocenters. The van der Waals surface area contributed by atoms with E-state index in [0.29, 0.717) is 5.92 Å². The fraction of sp³-hybridized carbons (Fsp3) is 0.800. The maximum absolute atomic E-state index is 10.9. The average molecular weight is 267 g/mol. The van der Waals surface area contributed by atoms with Gasteiger partial charge in [-0.15, -0.1) is 0 Å². The maximum atomic E-state index is 10.9. The minimum atomic E-state index is 0.0813. The number of amides is 1. The van der Waals surface area contributed by atoms with Crippen LogP contribution in [0.4, 0.5) is 0 Å². The molecule has 0 aromatic heterocycles. The van der Waals surface area contributed by atoms with Gasteiger partial charge in [0.15, 0.2) is 0 Å². The van der Waals surface area contributed by atoms with E-state index in [9.17, 15) is 4.79 Å². The number of rotatable bonds is 8.